The van der Waals surface area contributed by atoms with Gasteiger partial charge in [0.15, 0.2) is 0 Å². The maximum absolute atomic E-state index is 12.2. The van der Waals surface area contributed by atoms with E-state index in [0.717, 1.165) is 53.5 Å². The highest BCUT2D eigenvalue weighted by atomic mass is 32.1. The molecule has 166 valence electrons. The van der Waals surface area contributed by atoms with E-state index in [1.807, 2.05) is 31.2 Å². The van der Waals surface area contributed by atoms with Crippen molar-refractivity contribution in [1.29, 1.82) is 0 Å². The third-order valence-corrected chi connectivity index (χ3v) is 6.85. The molecule has 1 N–H and O–H groups in total. The highest BCUT2D eigenvalue weighted by molar-refractivity contribution is 7.13. The van der Waals surface area contributed by atoms with Crippen LogP contribution in [0.15, 0.2) is 53.9 Å². The van der Waals surface area contributed by atoms with Gasteiger partial charge in [-0.25, -0.2) is 4.98 Å². The molecule has 0 spiro atoms. The van der Waals surface area contributed by atoms with Crippen molar-refractivity contribution >= 4 is 17.2 Å². The van der Waals surface area contributed by atoms with Crippen molar-refractivity contribution in [2.24, 2.45) is 0 Å². The van der Waals surface area contributed by atoms with E-state index in [0.29, 0.717) is 18.7 Å². The van der Waals surface area contributed by atoms with Crippen LogP contribution in [0.1, 0.15) is 54.2 Å². The van der Waals surface area contributed by atoms with E-state index in [4.69, 9.17) is 9.72 Å². The van der Waals surface area contributed by atoms with Crippen LogP contribution in [-0.4, -0.2) is 34.5 Å². The van der Waals surface area contributed by atoms with Gasteiger partial charge in [0.2, 0.25) is 0 Å². The Labute approximate surface area is 193 Å². The fourth-order valence-corrected chi connectivity index (χ4v) is 4.64. The van der Waals surface area contributed by atoms with Crippen molar-refractivity contribution in [2.75, 3.05) is 6.61 Å². The highest BCUT2D eigenvalue weighted by Crippen LogP contribution is 2.32. The maximum atomic E-state index is 12.2. The standard InChI is InChI=1S/C26H29N3O2S/c1-2-31-24-13-7-20(8-14-24)26-28-22(17-32-26)16-29(23-11-12-23)15-18-3-5-19(6-4-18)25(30)27-21-9-10-21/h3-8,13-14,17,21,23H,2,9-12,15-16H2,1H3,(H,27,30). The Hall–Kier alpha value is -2.70. The molecule has 0 saturated heterocycles. The molecule has 2 saturated carbocycles. The van der Waals surface area contributed by atoms with Gasteiger partial charge in [0.1, 0.15) is 10.8 Å². The van der Waals surface area contributed by atoms with Crippen LogP contribution in [-0.2, 0) is 13.1 Å². The maximum Gasteiger partial charge on any atom is 0.251 e. The lowest BCUT2D eigenvalue weighted by atomic mass is 10.1. The Balaban J connectivity index is 1.22. The van der Waals surface area contributed by atoms with Gasteiger partial charge in [-0.05, 0) is 74.6 Å². The average molecular weight is 448 g/mol. The molecule has 0 atom stereocenters. The molecule has 2 aromatic carbocycles. The lowest BCUT2D eigenvalue weighted by molar-refractivity contribution is 0.0951. The lowest BCUT2D eigenvalue weighted by Crippen LogP contribution is -2.26. The van der Waals surface area contributed by atoms with Crippen molar-refractivity contribution in [3.05, 3.63) is 70.7 Å². The number of benzene rings is 2. The number of nitrogens with one attached hydrogen (secondary N) is 1. The van der Waals surface area contributed by atoms with Crippen LogP contribution in [0.5, 0.6) is 5.75 Å². The fraction of sp³-hybridized carbons (Fsp3) is 0.385. The monoisotopic (exact) mass is 447 g/mol. The predicted molar refractivity (Wildman–Crippen MR) is 128 cm³/mol. The summed E-state index contributed by atoms with van der Waals surface area (Å²) in [6.07, 6.45) is 4.71. The largest absolute Gasteiger partial charge is 0.494 e. The van der Waals surface area contributed by atoms with Crippen LogP contribution in [0.2, 0.25) is 0 Å². The molecular weight excluding hydrogens is 418 g/mol. The summed E-state index contributed by atoms with van der Waals surface area (Å²) in [7, 11) is 0. The summed E-state index contributed by atoms with van der Waals surface area (Å²) in [6, 6.07) is 17.3. The smallest absolute Gasteiger partial charge is 0.251 e. The molecule has 2 aliphatic carbocycles. The first kappa shape index (κ1) is 21.2. The van der Waals surface area contributed by atoms with Gasteiger partial charge in [0, 0.05) is 41.7 Å². The zero-order valence-electron chi connectivity index (χ0n) is 18.4. The number of amides is 1. The first-order chi connectivity index (χ1) is 15.7. The van der Waals surface area contributed by atoms with E-state index in [1.54, 1.807) is 11.3 Å². The van der Waals surface area contributed by atoms with E-state index in [1.165, 1.54) is 18.4 Å². The molecule has 1 aromatic heterocycles. The van der Waals surface area contributed by atoms with Gasteiger partial charge in [-0.2, -0.15) is 0 Å². The molecule has 0 aliphatic heterocycles. The second-order valence-corrected chi connectivity index (χ2v) is 9.54. The minimum absolute atomic E-state index is 0.0439. The van der Waals surface area contributed by atoms with Crippen LogP contribution < -0.4 is 10.1 Å². The third kappa shape index (κ3) is 5.37. The van der Waals surface area contributed by atoms with Gasteiger partial charge in [-0.15, -0.1) is 11.3 Å². The van der Waals surface area contributed by atoms with Crippen molar-refractivity contribution < 1.29 is 9.53 Å². The second kappa shape index (κ2) is 9.43. The number of rotatable bonds is 10. The molecular formula is C26H29N3O2S. The van der Waals surface area contributed by atoms with E-state index in [-0.39, 0.29) is 5.91 Å². The van der Waals surface area contributed by atoms with E-state index < -0.39 is 0 Å². The molecule has 32 heavy (non-hydrogen) atoms. The topological polar surface area (TPSA) is 54.5 Å². The number of thiazole rings is 1. The molecule has 3 aromatic rings. The molecule has 1 heterocycles. The van der Waals surface area contributed by atoms with Crippen molar-refractivity contribution in [1.82, 2.24) is 15.2 Å². The molecule has 0 bridgehead atoms. The summed E-state index contributed by atoms with van der Waals surface area (Å²) in [6.45, 7) is 4.40. The zero-order valence-corrected chi connectivity index (χ0v) is 19.2. The van der Waals surface area contributed by atoms with E-state index in [9.17, 15) is 4.79 Å². The minimum atomic E-state index is 0.0439. The minimum Gasteiger partial charge on any atom is -0.494 e. The summed E-state index contributed by atoms with van der Waals surface area (Å²) < 4.78 is 5.54. The zero-order chi connectivity index (χ0) is 21.9. The fourth-order valence-electron chi connectivity index (χ4n) is 3.83. The second-order valence-electron chi connectivity index (χ2n) is 8.68. The number of hydrogen-bond acceptors (Lipinski definition) is 5. The normalized spacial score (nSPS) is 15.7. The first-order valence-electron chi connectivity index (χ1n) is 11.5. The summed E-state index contributed by atoms with van der Waals surface area (Å²) in [4.78, 5) is 19.6. The Bertz CT molecular complexity index is 1050. The van der Waals surface area contributed by atoms with Crippen molar-refractivity contribution in [2.45, 2.75) is 57.8 Å². The molecule has 5 nitrogen and oxygen atoms in total. The lowest BCUT2D eigenvalue weighted by Gasteiger charge is -2.21. The average Bonchev–Trinajstić information content (AvgIpc) is 3.74. The van der Waals surface area contributed by atoms with Gasteiger partial charge in [0.25, 0.3) is 5.91 Å². The van der Waals surface area contributed by atoms with Crippen LogP contribution >= 0.6 is 11.3 Å². The summed E-state index contributed by atoms with van der Waals surface area (Å²) in [5.74, 6) is 0.936. The molecule has 1 amide bonds. The van der Waals surface area contributed by atoms with Gasteiger partial charge in [-0.3, -0.25) is 9.69 Å². The number of carbonyl (C=O) groups is 1. The van der Waals surface area contributed by atoms with Gasteiger partial charge < -0.3 is 10.1 Å². The SMILES string of the molecule is CCOc1ccc(-c2nc(CN(Cc3ccc(C(=O)NC4CC4)cc3)C3CC3)cs2)cc1. The third-order valence-electron chi connectivity index (χ3n) is 5.91. The van der Waals surface area contributed by atoms with Gasteiger partial charge in [0.05, 0.1) is 12.3 Å². The van der Waals surface area contributed by atoms with Crippen LogP contribution in [0.25, 0.3) is 10.6 Å². The Kier molecular flexibility index (Phi) is 6.23. The Morgan fingerprint density at radius 2 is 1.81 bits per heavy atom. The van der Waals surface area contributed by atoms with Crippen LogP contribution in [0.3, 0.4) is 0 Å². The summed E-state index contributed by atoms with van der Waals surface area (Å²) in [5, 5.41) is 6.27. The van der Waals surface area contributed by atoms with E-state index in [2.05, 4.69) is 39.9 Å². The van der Waals surface area contributed by atoms with Crippen LogP contribution in [0.4, 0.5) is 0 Å². The number of aromatic nitrogens is 1. The highest BCUT2D eigenvalue weighted by Gasteiger charge is 2.29. The number of hydrogen-bond donors (Lipinski definition) is 1. The van der Waals surface area contributed by atoms with Crippen molar-refractivity contribution in [3.8, 4) is 16.3 Å². The summed E-state index contributed by atoms with van der Waals surface area (Å²) in [5.41, 5.74) is 4.23. The number of ether oxygens (including phenoxy) is 1. The predicted octanol–water partition coefficient (Wildman–Crippen LogP) is 5.27. The molecule has 0 unspecified atom stereocenters. The Morgan fingerprint density at radius 3 is 2.47 bits per heavy atom. The molecule has 5 rings (SSSR count). The quantitative estimate of drug-likeness (QED) is 0.460. The first-order valence-corrected chi connectivity index (χ1v) is 12.4. The molecule has 0 radical (unpaired) electrons. The van der Waals surface area contributed by atoms with E-state index >= 15 is 0 Å². The number of nitrogens with zero attached hydrogens (tertiary/aromatic N) is 2. The molecule has 6 heteroatoms. The summed E-state index contributed by atoms with van der Waals surface area (Å²) >= 11 is 1.69. The molecule has 2 aliphatic rings. The van der Waals surface area contributed by atoms with Crippen LogP contribution in [0, 0.1) is 0 Å². The van der Waals surface area contributed by atoms with Gasteiger partial charge in [-0.1, -0.05) is 12.1 Å². The number of carbonyl (C=O) groups excluding carboxylic acids is 1. The molecule has 2 fully saturated rings. The van der Waals surface area contributed by atoms with Gasteiger partial charge >= 0.3 is 0 Å². The van der Waals surface area contributed by atoms with Crippen molar-refractivity contribution in [3.63, 3.8) is 0 Å². The Morgan fingerprint density at radius 1 is 1.06 bits per heavy atom.